The first-order valence-corrected chi connectivity index (χ1v) is 13.0. The molecule has 2 heterocycles. The first-order chi connectivity index (χ1) is 16.6. The van der Waals surface area contributed by atoms with Crippen LogP contribution in [-0.4, -0.2) is 48.7 Å². The number of nitrogens with zero attached hydrogens (tertiary/aromatic N) is 3. The van der Waals surface area contributed by atoms with Gasteiger partial charge in [0.2, 0.25) is 10.0 Å². The van der Waals surface area contributed by atoms with Gasteiger partial charge in [-0.2, -0.15) is 9.40 Å². The number of hydrogen-bond donors (Lipinski definition) is 0. The van der Waals surface area contributed by atoms with Crippen molar-refractivity contribution in [1.29, 1.82) is 0 Å². The lowest BCUT2D eigenvalue weighted by atomic mass is 9.87. The number of aromatic nitrogens is 2. The fraction of sp³-hybridized carbons (Fsp3) is 0.385. The van der Waals surface area contributed by atoms with Crippen molar-refractivity contribution in [3.05, 3.63) is 71.0 Å². The Balaban J connectivity index is 1.71. The molecule has 0 amide bonds. The molecule has 0 radical (unpaired) electrons. The number of methoxy groups -OCH3 is 1. The van der Waals surface area contributed by atoms with Crippen LogP contribution in [0.1, 0.15) is 55.0 Å². The Morgan fingerprint density at radius 2 is 1.71 bits per heavy atom. The van der Waals surface area contributed by atoms with Gasteiger partial charge in [-0.1, -0.05) is 32.9 Å². The molecule has 0 saturated heterocycles. The van der Waals surface area contributed by atoms with Crippen molar-refractivity contribution >= 4 is 16.0 Å². The molecule has 1 aliphatic rings. The highest BCUT2D eigenvalue weighted by atomic mass is 32.2. The molecule has 0 unspecified atom stereocenters. The van der Waals surface area contributed by atoms with Crippen molar-refractivity contribution in [2.75, 3.05) is 20.3 Å². The third kappa shape index (κ3) is 4.83. The number of sulfonamides is 1. The number of carbonyl (C=O) groups excluding carboxylic acids is 1. The van der Waals surface area contributed by atoms with E-state index in [2.05, 4.69) is 25.9 Å². The highest BCUT2D eigenvalue weighted by Gasteiger charge is 2.35. The Labute approximate surface area is 206 Å². The highest BCUT2D eigenvalue weighted by Crippen LogP contribution is 2.31. The van der Waals surface area contributed by atoms with Crippen LogP contribution in [0.15, 0.2) is 53.4 Å². The number of esters is 1. The summed E-state index contributed by atoms with van der Waals surface area (Å²) in [5.74, 6) is 0.139. The minimum Gasteiger partial charge on any atom is -0.497 e. The van der Waals surface area contributed by atoms with E-state index in [0.29, 0.717) is 17.7 Å². The molecule has 0 saturated carbocycles. The number of ether oxygens (including phenoxy) is 2. The van der Waals surface area contributed by atoms with Gasteiger partial charge < -0.3 is 9.47 Å². The first kappa shape index (κ1) is 24.9. The van der Waals surface area contributed by atoms with E-state index in [-0.39, 0.29) is 35.7 Å². The van der Waals surface area contributed by atoms with Gasteiger partial charge in [-0.05, 0) is 54.3 Å². The van der Waals surface area contributed by atoms with Crippen LogP contribution in [0.3, 0.4) is 0 Å². The summed E-state index contributed by atoms with van der Waals surface area (Å²) in [5.41, 5.74) is 3.25. The predicted molar refractivity (Wildman–Crippen MR) is 133 cm³/mol. The number of fused-ring (bicyclic) bond motifs is 1. The van der Waals surface area contributed by atoms with E-state index in [0.717, 1.165) is 16.9 Å². The van der Waals surface area contributed by atoms with Crippen LogP contribution in [0, 0.1) is 0 Å². The van der Waals surface area contributed by atoms with Crippen LogP contribution in [0.4, 0.5) is 0 Å². The average molecular weight is 498 g/mol. The summed E-state index contributed by atoms with van der Waals surface area (Å²) in [6.07, 6.45) is 0.410. The van der Waals surface area contributed by atoms with Gasteiger partial charge in [0, 0.05) is 25.1 Å². The van der Waals surface area contributed by atoms with Gasteiger partial charge in [0.1, 0.15) is 5.75 Å². The minimum atomic E-state index is -3.76. The van der Waals surface area contributed by atoms with E-state index in [9.17, 15) is 13.2 Å². The lowest BCUT2D eigenvalue weighted by Gasteiger charge is -2.27. The molecule has 1 aromatic heterocycles. The molecule has 0 spiro atoms. The summed E-state index contributed by atoms with van der Waals surface area (Å²) in [6.45, 7) is 8.50. The van der Waals surface area contributed by atoms with Crippen molar-refractivity contribution in [2.45, 2.75) is 51.0 Å². The normalized spacial score (nSPS) is 14.4. The fourth-order valence-electron chi connectivity index (χ4n) is 4.18. The zero-order chi connectivity index (χ0) is 25.4. The Bertz CT molecular complexity index is 1320. The van der Waals surface area contributed by atoms with E-state index < -0.39 is 16.0 Å². The maximum absolute atomic E-state index is 13.5. The summed E-state index contributed by atoms with van der Waals surface area (Å²) in [6, 6.07) is 14.3. The number of carbonyl (C=O) groups is 1. The minimum absolute atomic E-state index is 0.0446. The summed E-state index contributed by atoms with van der Waals surface area (Å²) in [4.78, 5) is 13.0. The number of benzene rings is 2. The van der Waals surface area contributed by atoms with Gasteiger partial charge in [0.05, 0.1) is 30.0 Å². The van der Waals surface area contributed by atoms with E-state index in [1.165, 1.54) is 4.31 Å². The molecule has 3 aromatic rings. The Hall–Kier alpha value is -3.17. The average Bonchev–Trinajstić information content (AvgIpc) is 3.23. The summed E-state index contributed by atoms with van der Waals surface area (Å²) < 4.78 is 40.5. The van der Waals surface area contributed by atoms with Gasteiger partial charge in [-0.25, -0.2) is 17.9 Å². The van der Waals surface area contributed by atoms with Gasteiger partial charge in [0.15, 0.2) is 5.69 Å². The van der Waals surface area contributed by atoms with Crippen LogP contribution in [0.2, 0.25) is 0 Å². The van der Waals surface area contributed by atoms with E-state index in [1.54, 1.807) is 30.8 Å². The SMILES string of the molecule is CCOC(=O)c1nn(-c2ccc(OC)cc2)c2c1CN(S(=O)(=O)c1ccc(C(C)(C)C)cc1)CC2. The lowest BCUT2D eigenvalue weighted by Crippen LogP contribution is -2.36. The van der Waals surface area contributed by atoms with Crippen molar-refractivity contribution in [3.63, 3.8) is 0 Å². The maximum atomic E-state index is 13.5. The van der Waals surface area contributed by atoms with E-state index >= 15 is 0 Å². The molecule has 0 bridgehead atoms. The van der Waals surface area contributed by atoms with Crippen LogP contribution in [0.25, 0.3) is 5.69 Å². The van der Waals surface area contributed by atoms with Gasteiger partial charge in [-0.3, -0.25) is 0 Å². The molecule has 2 aromatic carbocycles. The quantitative estimate of drug-likeness (QED) is 0.476. The third-order valence-corrected chi connectivity index (χ3v) is 8.03. The second-order valence-electron chi connectivity index (χ2n) is 9.47. The first-order valence-electron chi connectivity index (χ1n) is 11.6. The molecular weight excluding hydrogens is 466 g/mol. The largest absolute Gasteiger partial charge is 0.497 e. The standard InChI is InChI=1S/C26H31N3O5S/c1-6-34-25(30)24-22-17-28(35(31,32)21-13-7-18(8-14-21)26(2,3)4)16-15-23(22)29(27-24)19-9-11-20(33-5)12-10-19/h7-14H,6,15-17H2,1-5H3. The molecule has 8 nitrogen and oxygen atoms in total. The highest BCUT2D eigenvalue weighted by molar-refractivity contribution is 7.89. The maximum Gasteiger partial charge on any atom is 0.359 e. The Morgan fingerprint density at radius 1 is 1.06 bits per heavy atom. The molecule has 4 rings (SSSR count). The number of hydrogen-bond acceptors (Lipinski definition) is 6. The van der Waals surface area contributed by atoms with Crippen LogP contribution in [-0.2, 0) is 33.1 Å². The van der Waals surface area contributed by atoms with Crippen LogP contribution < -0.4 is 4.74 Å². The molecule has 9 heteroatoms. The Morgan fingerprint density at radius 3 is 2.29 bits per heavy atom. The topological polar surface area (TPSA) is 90.7 Å². The summed E-state index contributed by atoms with van der Waals surface area (Å²) in [7, 11) is -2.17. The van der Waals surface area contributed by atoms with E-state index in [4.69, 9.17) is 9.47 Å². The molecule has 35 heavy (non-hydrogen) atoms. The summed E-state index contributed by atoms with van der Waals surface area (Å²) >= 11 is 0. The second-order valence-corrected chi connectivity index (χ2v) is 11.4. The lowest BCUT2D eigenvalue weighted by molar-refractivity contribution is 0.0517. The molecule has 0 N–H and O–H groups in total. The smallest absolute Gasteiger partial charge is 0.359 e. The molecule has 0 fully saturated rings. The van der Waals surface area contributed by atoms with E-state index in [1.807, 2.05) is 36.4 Å². The second kappa shape index (κ2) is 9.47. The van der Waals surface area contributed by atoms with Crippen LogP contribution in [0.5, 0.6) is 5.75 Å². The Kier molecular flexibility index (Phi) is 6.75. The third-order valence-electron chi connectivity index (χ3n) is 6.17. The van der Waals surface area contributed by atoms with Gasteiger partial charge >= 0.3 is 5.97 Å². The molecule has 186 valence electrons. The van der Waals surface area contributed by atoms with Crippen molar-refractivity contribution in [2.24, 2.45) is 0 Å². The van der Waals surface area contributed by atoms with Crippen molar-refractivity contribution in [3.8, 4) is 11.4 Å². The predicted octanol–water partition coefficient (Wildman–Crippen LogP) is 4.10. The molecular formula is C26H31N3O5S. The van der Waals surface area contributed by atoms with Crippen LogP contribution >= 0.6 is 0 Å². The van der Waals surface area contributed by atoms with Crippen molar-refractivity contribution < 1.29 is 22.7 Å². The monoisotopic (exact) mass is 497 g/mol. The zero-order valence-corrected chi connectivity index (χ0v) is 21.6. The number of rotatable bonds is 6. The zero-order valence-electron chi connectivity index (χ0n) is 20.7. The van der Waals surface area contributed by atoms with Gasteiger partial charge in [-0.15, -0.1) is 0 Å². The molecule has 0 aliphatic carbocycles. The summed E-state index contributed by atoms with van der Waals surface area (Å²) in [5, 5.41) is 4.54. The van der Waals surface area contributed by atoms with Gasteiger partial charge in [0.25, 0.3) is 0 Å². The molecule has 0 atom stereocenters. The fourth-order valence-corrected chi connectivity index (χ4v) is 5.58. The molecule has 1 aliphatic heterocycles. The van der Waals surface area contributed by atoms with Crippen molar-refractivity contribution in [1.82, 2.24) is 14.1 Å².